The van der Waals surface area contributed by atoms with Gasteiger partial charge in [-0.05, 0) is 31.4 Å². The Kier molecular flexibility index (Phi) is 2.48. The van der Waals surface area contributed by atoms with Gasteiger partial charge >= 0.3 is 5.97 Å². The van der Waals surface area contributed by atoms with Crippen molar-refractivity contribution in [3.05, 3.63) is 17.3 Å². The number of carboxylic acid groups (broad SMARTS) is 1. The molecule has 0 spiro atoms. The lowest BCUT2D eigenvalue weighted by atomic mass is 9.77. The first-order valence-electron chi connectivity index (χ1n) is 4.63. The highest BCUT2D eigenvalue weighted by molar-refractivity contribution is 6.29. The number of carboxylic acids is 1. The summed E-state index contributed by atoms with van der Waals surface area (Å²) in [6.45, 7) is 0. The monoisotopic (exact) mass is 227 g/mol. The molecule has 0 amide bonds. The molecule has 0 aliphatic heterocycles. The first kappa shape index (κ1) is 10.2. The van der Waals surface area contributed by atoms with E-state index in [0.717, 1.165) is 6.42 Å². The number of aromatic nitrogens is 2. The Bertz CT molecular complexity index is 375. The molecule has 0 radical (unpaired) electrons. The Morgan fingerprint density at radius 1 is 1.47 bits per heavy atom. The molecule has 6 heteroatoms. The molecule has 2 N–H and O–H groups in total. The van der Waals surface area contributed by atoms with E-state index in [1.165, 1.54) is 0 Å². The fraction of sp³-hybridized carbons (Fsp3) is 0.444. The summed E-state index contributed by atoms with van der Waals surface area (Å²) in [5, 5.41) is 19.7. The molecule has 0 aromatic carbocycles. The molecule has 1 heterocycles. The minimum Gasteiger partial charge on any atom is -0.480 e. The molecule has 2 rings (SSSR count). The number of nitrogens with one attached hydrogen (secondary N) is 1. The maximum absolute atomic E-state index is 11.0. The minimum atomic E-state index is -0.859. The van der Waals surface area contributed by atoms with Crippen molar-refractivity contribution in [1.82, 2.24) is 10.2 Å². The lowest BCUT2D eigenvalue weighted by Gasteiger charge is -2.38. The van der Waals surface area contributed by atoms with Crippen LogP contribution in [0.15, 0.2) is 12.1 Å². The molecule has 1 aromatic heterocycles. The van der Waals surface area contributed by atoms with E-state index in [2.05, 4.69) is 15.5 Å². The summed E-state index contributed by atoms with van der Waals surface area (Å²) in [5.74, 6) is -0.396. The van der Waals surface area contributed by atoms with Gasteiger partial charge in [0.2, 0.25) is 0 Å². The van der Waals surface area contributed by atoms with E-state index in [4.69, 9.17) is 16.7 Å². The average molecular weight is 228 g/mol. The summed E-state index contributed by atoms with van der Waals surface area (Å²) >= 11 is 5.58. The molecule has 15 heavy (non-hydrogen) atoms. The van der Waals surface area contributed by atoms with Crippen molar-refractivity contribution in [2.24, 2.45) is 0 Å². The van der Waals surface area contributed by atoms with Crippen molar-refractivity contribution < 1.29 is 9.90 Å². The Morgan fingerprint density at radius 2 is 2.20 bits per heavy atom. The summed E-state index contributed by atoms with van der Waals surface area (Å²) in [6.07, 6.45) is 2.15. The highest BCUT2D eigenvalue weighted by atomic mass is 35.5. The Labute approximate surface area is 91.5 Å². The van der Waals surface area contributed by atoms with Crippen LogP contribution in [0.1, 0.15) is 19.3 Å². The standard InChI is InChI=1S/C9H10ClN3O2/c10-6-2-3-7(13-12-6)11-9(8(14)15)4-1-5-9/h2-3H,1,4-5H2,(H,11,13)(H,14,15). The number of aliphatic carboxylic acids is 1. The minimum absolute atomic E-state index is 0.290. The first-order chi connectivity index (χ1) is 7.12. The van der Waals surface area contributed by atoms with E-state index in [9.17, 15) is 4.79 Å². The highest BCUT2D eigenvalue weighted by Gasteiger charge is 2.44. The molecular formula is C9H10ClN3O2. The first-order valence-corrected chi connectivity index (χ1v) is 5.01. The van der Waals surface area contributed by atoms with Gasteiger partial charge in [-0.2, -0.15) is 0 Å². The van der Waals surface area contributed by atoms with Crippen molar-refractivity contribution in [3.63, 3.8) is 0 Å². The average Bonchev–Trinajstić information content (AvgIpc) is 2.13. The summed E-state index contributed by atoms with van der Waals surface area (Å²) in [7, 11) is 0. The van der Waals surface area contributed by atoms with E-state index < -0.39 is 11.5 Å². The van der Waals surface area contributed by atoms with Gasteiger partial charge in [-0.15, -0.1) is 10.2 Å². The van der Waals surface area contributed by atoms with Crippen LogP contribution in [0.3, 0.4) is 0 Å². The zero-order chi connectivity index (χ0) is 10.9. The Balaban J connectivity index is 2.13. The van der Waals surface area contributed by atoms with Gasteiger partial charge < -0.3 is 10.4 Å². The summed E-state index contributed by atoms with van der Waals surface area (Å²) in [6, 6.07) is 3.20. The van der Waals surface area contributed by atoms with Crippen LogP contribution in [0.25, 0.3) is 0 Å². The molecule has 1 aromatic rings. The van der Waals surface area contributed by atoms with E-state index in [-0.39, 0.29) is 0 Å². The molecule has 1 saturated carbocycles. The van der Waals surface area contributed by atoms with E-state index >= 15 is 0 Å². The molecule has 0 saturated heterocycles. The van der Waals surface area contributed by atoms with E-state index in [1.807, 2.05) is 0 Å². The Morgan fingerprint density at radius 3 is 2.60 bits per heavy atom. The van der Waals surface area contributed by atoms with E-state index in [0.29, 0.717) is 23.8 Å². The number of hydrogen-bond acceptors (Lipinski definition) is 4. The highest BCUT2D eigenvalue weighted by Crippen LogP contribution is 2.35. The van der Waals surface area contributed by atoms with Crippen molar-refractivity contribution in [3.8, 4) is 0 Å². The van der Waals surface area contributed by atoms with Crippen LogP contribution >= 0.6 is 11.6 Å². The molecule has 5 nitrogen and oxygen atoms in total. The fourth-order valence-corrected chi connectivity index (χ4v) is 1.65. The fourth-order valence-electron chi connectivity index (χ4n) is 1.55. The van der Waals surface area contributed by atoms with Crippen molar-refractivity contribution >= 4 is 23.4 Å². The second-order valence-electron chi connectivity index (χ2n) is 3.61. The summed E-state index contributed by atoms with van der Waals surface area (Å²) in [4.78, 5) is 11.0. The van der Waals surface area contributed by atoms with Crippen LogP contribution < -0.4 is 5.32 Å². The zero-order valence-electron chi connectivity index (χ0n) is 7.90. The Hall–Kier alpha value is -1.36. The van der Waals surface area contributed by atoms with Crippen LogP contribution in [0, 0.1) is 0 Å². The van der Waals surface area contributed by atoms with Gasteiger partial charge in [-0.1, -0.05) is 11.6 Å². The number of hydrogen-bond donors (Lipinski definition) is 2. The van der Waals surface area contributed by atoms with Crippen molar-refractivity contribution in [2.45, 2.75) is 24.8 Å². The number of anilines is 1. The molecule has 1 fully saturated rings. The van der Waals surface area contributed by atoms with Crippen LogP contribution in [-0.2, 0) is 4.79 Å². The predicted molar refractivity (Wildman–Crippen MR) is 54.9 cm³/mol. The topological polar surface area (TPSA) is 75.1 Å². The number of nitrogens with zero attached hydrogens (tertiary/aromatic N) is 2. The van der Waals surface area contributed by atoms with Gasteiger partial charge in [-0.25, -0.2) is 4.79 Å². The van der Waals surface area contributed by atoms with Gasteiger partial charge in [0.05, 0.1) is 0 Å². The lowest BCUT2D eigenvalue weighted by Crippen LogP contribution is -2.52. The van der Waals surface area contributed by atoms with Crippen LogP contribution in [0.4, 0.5) is 5.82 Å². The zero-order valence-corrected chi connectivity index (χ0v) is 8.66. The van der Waals surface area contributed by atoms with Gasteiger partial charge in [0.15, 0.2) is 5.15 Å². The van der Waals surface area contributed by atoms with Gasteiger partial charge in [0.25, 0.3) is 0 Å². The maximum Gasteiger partial charge on any atom is 0.329 e. The molecule has 0 unspecified atom stereocenters. The normalized spacial score (nSPS) is 17.9. The molecule has 0 bridgehead atoms. The van der Waals surface area contributed by atoms with E-state index in [1.54, 1.807) is 12.1 Å². The number of rotatable bonds is 3. The third-order valence-electron chi connectivity index (χ3n) is 2.62. The van der Waals surface area contributed by atoms with Gasteiger partial charge in [0.1, 0.15) is 11.4 Å². The van der Waals surface area contributed by atoms with Crippen LogP contribution in [-0.4, -0.2) is 26.8 Å². The molecule has 80 valence electrons. The molecule has 1 aliphatic carbocycles. The molecular weight excluding hydrogens is 218 g/mol. The maximum atomic E-state index is 11.0. The molecule has 0 atom stereocenters. The van der Waals surface area contributed by atoms with Crippen LogP contribution in [0.2, 0.25) is 5.15 Å². The summed E-state index contributed by atoms with van der Waals surface area (Å²) < 4.78 is 0. The summed E-state index contributed by atoms with van der Waals surface area (Å²) in [5.41, 5.74) is -0.859. The van der Waals surface area contributed by atoms with Crippen LogP contribution in [0.5, 0.6) is 0 Å². The number of carbonyl (C=O) groups is 1. The second-order valence-corrected chi connectivity index (χ2v) is 3.99. The third-order valence-corrected chi connectivity index (χ3v) is 2.82. The molecule has 1 aliphatic rings. The second kappa shape index (κ2) is 3.66. The van der Waals surface area contributed by atoms with Gasteiger partial charge in [-0.3, -0.25) is 0 Å². The SMILES string of the molecule is O=C(O)C1(Nc2ccc(Cl)nn2)CCC1. The largest absolute Gasteiger partial charge is 0.480 e. The predicted octanol–water partition coefficient (Wildman–Crippen LogP) is 1.55. The quantitative estimate of drug-likeness (QED) is 0.820. The lowest BCUT2D eigenvalue weighted by molar-refractivity contribution is -0.145. The van der Waals surface area contributed by atoms with Crippen molar-refractivity contribution in [2.75, 3.05) is 5.32 Å². The van der Waals surface area contributed by atoms with Crippen molar-refractivity contribution in [1.29, 1.82) is 0 Å². The van der Waals surface area contributed by atoms with Gasteiger partial charge in [0, 0.05) is 0 Å². The third kappa shape index (κ3) is 1.87. The smallest absolute Gasteiger partial charge is 0.329 e. The number of halogens is 1.